The van der Waals surface area contributed by atoms with Gasteiger partial charge >= 0.3 is 0 Å². The first-order chi connectivity index (χ1) is 11.8. The number of rotatable bonds is 5. The number of fused-ring (bicyclic) bond motifs is 2. The van der Waals surface area contributed by atoms with Gasteiger partial charge in [0.15, 0.2) is 10.8 Å². The predicted molar refractivity (Wildman–Crippen MR) is 94.4 cm³/mol. The molecule has 3 aromatic heterocycles. The zero-order chi connectivity index (χ0) is 16.5. The highest BCUT2D eigenvalue weighted by atomic mass is 35.5. The average molecular weight is 360 g/mol. The molecule has 1 N–H and O–H groups in total. The Balaban J connectivity index is 1.67. The van der Waals surface area contributed by atoms with E-state index in [-0.39, 0.29) is 6.61 Å². The number of halogens is 1. The van der Waals surface area contributed by atoms with Gasteiger partial charge in [0, 0.05) is 17.8 Å². The van der Waals surface area contributed by atoms with Crippen molar-refractivity contribution >= 4 is 40.0 Å². The number of benzene rings is 1. The minimum atomic E-state index is 0.0451. The molecule has 122 valence electrons. The van der Waals surface area contributed by atoms with Crippen molar-refractivity contribution in [1.82, 2.24) is 24.1 Å². The lowest BCUT2D eigenvalue weighted by Crippen LogP contribution is -2.06. The van der Waals surface area contributed by atoms with Crippen LogP contribution >= 0.6 is 23.4 Å². The van der Waals surface area contributed by atoms with Crippen molar-refractivity contribution in [2.24, 2.45) is 0 Å². The van der Waals surface area contributed by atoms with E-state index in [1.807, 2.05) is 51.6 Å². The van der Waals surface area contributed by atoms with Crippen molar-refractivity contribution in [3.05, 3.63) is 53.4 Å². The summed E-state index contributed by atoms with van der Waals surface area (Å²) in [6, 6.07) is 11.4. The van der Waals surface area contributed by atoms with Crippen LogP contribution in [0.1, 0.15) is 5.82 Å². The Labute approximate surface area is 147 Å². The first-order valence-electron chi connectivity index (χ1n) is 7.44. The van der Waals surface area contributed by atoms with Crippen molar-refractivity contribution in [3.8, 4) is 0 Å². The summed E-state index contributed by atoms with van der Waals surface area (Å²) < 4.78 is 3.94. The average Bonchev–Trinajstić information content (AvgIpc) is 3.15. The molecule has 0 aliphatic rings. The molecule has 8 heteroatoms. The van der Waals surface area contributed by atoms with Gasteiger partial charge in [-0.05, 0) is 30.3 Å². The fraction of sp³-hybridized carbons (Fsp3) is 0.188. The third-order valence-corrected chi connectivity index (χ3v) is 4.90. The maximum absolute atomic E-state index is 9.37. The van der Waals surface area contributed by atoms with E-state index in [2.05, 4.69) is 15.2 Å². The van der Waals surface area contributed by atoms with Crippen molar-refractivity contribution in [2.75, 3.05) is 6.61 Å². The van der Waals surface area contributed by atoms with Crippen molar-refractivity contribution < 1.29 is 5.11 Å². The largest absolute Gasteiger partial charge is 0.395 e. The smallest absolute Gasteiger partial charge is 0.196 e. The van der Waals surface area contributed by atoms with Crippen LogP contribution in [0.25, 0.3) is 16.7 Å². The fourth-order valence-electron chi connectivity index (χ4n) is 2.65. The minimum absolute atomic E-state index is 0.0451. The molecule has 0 aliphatic heterocycles. The van der Waals surface area contributed by atoms with Crippen molar-refractivity contribution in [3.63, 3.8) is 0 Å². The third-order valence-electron chi connectivity index (χ3n) is 3.73. The van der Waals surface area contributed by atoms with E-state index < -0.39 is 0 Å². The Hall–Kier alpha value is -2.09. The SMILES string of the molecule is OCCn1c(CSc2nnc3ccccn23)nc2ccc(Cl)cc21. The van der Waals surface area contributed by atoms with E-state index in [0.29, 0.717) is 17.3 Å². The Morgan fingerprint density at radius 1 is 1.17 bits per heavy atom. The summed E-state index contributed by atoms with van der Waals surface area (Å²) in [6.07, 6.45) is 1.94. The van der Waals surface area contributed by atoms with E-state index in [9.17, 15) is 5.11 Å². The van der Waals surface area contributed by atoms with Crippen LogP contribution in [0.2, 0.25) is 5.02 Å². The van der Waals surface area contributed by atoms with Crippen LogP contribution in [0, 0.1) is 0 Å². The number of pyridine rings is 1. The van der Waals surface area contributed by atoms with Crippen LogP contribution in [0.15, 0.2) is 47.8 Å². The molecule has 0 fully saturated rings. The van der Waals surface area contributed by atoms with Gasteiger partial charge in [0.2, 0.25) is 0 Å². The topological polar surface area (TPSA) is 68.2 Å². The summed E-state index contributed by atoms with van der Waals surface area (Å²) >= 11 is 7.65. The molecule has 0 saturated heterocycles. The summed E-state index contributed by atoms with van der Waals surface area (Å²) in [6.45, 7) is 0.525. The second-order valence-electron chi connectivity index (χ2n) is 5.24. The maximum Gasteiger partial charge on any atom is 0.196 e. The first kappa shape index (κ1) is 15.4. The second kappa shape index (κ2) is 6.43. The van der Waals surface area contributed by atoms with Gasteiger partial charge in [-0.2, -0.15) is 0 Å². The van der Waals surface area contributed by atoms with Crippen LogP contribution in [0.3, 0.4) is 0 Å². The summed E-state index contributed by atoms with van der Waals surface area (Å²) in [5.74, 6) is 1.50. The van der Waals surface area contributed by atoms with Gasteiger partial charge in [0.05, 0.1) is 23.4 Å². The van der Waals surface area contributed by atoms with Crippen molar-refractivity contribution in [2.45, 2.75) is 17.5 Å². The lowest BCUT2D eigenvalue weighted by atomic mass is 10.3. The Kier molecular flexibility index (Phi) is 4.13. The molecule has 0 amide bonds. The molecule has 0 unspecified atom stereocenters. The minimum Gasteiger partial charge on any atom is -0.395 e. The highest BCUT2D eigenvalue weighted by Gasteiger charge is 2.13. The van der Waals surface area contributed by atoms with Gasteiger partial charge in [-0.1, -0.05) is 29.4 Å². The molecular formula is C16H14ClN5OS. The number of imidazole rings is 1. The van der Waals surface area contributed by atoms with Gasteiger partial charge in [0.25, 0.3) is 0 Å². The predicted octanol–water partition coefficient (Wildman–Crippen LogP) is 3.02. The normalized spacial score (nSPS) is 11.6. The van der Waals surface area contributed by atoms with E-state index in [1.54, 1.807) is 11.8 Å². The molecule has 0 saturated carbocycles. The number of nitrogens with zero attached hydrogens (tertiary/aromatic N) is 5. The summed E-state index contributed by atoms with van der Waals surface area (Å²) in [5, 5.41) is 19.2. The first-order valence-corrected chi connectivity index (χ1v) is 8.81. The highest BCUT2D eigenvalue weighted by Crippen LogP contribution is 2.26. The summed E-state index contributed by atoms with van der Waals surface area (Å²) in [4.78, 5) is 4.67. The number of thioether (sulfide) groups is 1. The summed E-state index contributed by atoms with van der Waals surface area (Å²) in [5.41, 5.74) is 2.61. The molecule has 3 heterocycles. The fourth-order valence-corrected chi connectivity index (χ4v) is 3.69. The maximum atomic E-state index is 9.37. The van der Waals surface area contributed by atoms with Crippen LogP contribution in [0.5, 0.6) is 0 Å². The van der Waals surface area contributed by atoms with Gasteiger partial charge < -0.3 is 9.67 Å². The van der Waals surface area contributed by atoms with E-state index in [0.717, 1.165) is 27.7 Å². The molecule has 1 aromatic carbocycles. The molecule has 4 aromatic rings. The van der Waals surface area contributed by atoms with Crippen molar-refractivity contribution in [1.29, 1.82) is 0 Å². The lowest BCUT2D eigenvalue weighted by molar-refractivity contribution is 0.276. The Morgan fingerprint density at radius 3 is 2.96 bits per heavy atom. The molecule has 0 radical (unpaired) electrons. The van der Waals surface area contributed by atoms with Gasteiger partial charge in [0.1, 0.15) is 5.82 Å². The zero-order valence-corrected chi connectivity index (χ0v) is 14.2. The molecule has 24 heavy (non-hydrogen) atoms. The van der Waals surface area contributed by atoms with E-state index in [1.165, 1.54) is 0 Å². The van der Waals surface area contributed by atoms with E-state index in [4.69, 9.17) is 11.6 Å². The van der Waals surface area contributed by atoms with Gasteiger partial charge in [-0.3, -0.25) is 4.40 Å². The molecule has 0 atom stereocenters. The second-order valence-corrected chi connectivity index (χ2v) is 6.62. The quantitative estimate of drug-likeness (QED) is 0.555. The third kappa shape index (κ3) is 2.75. The Bertz CT molecular complexity index is 1010. The number of hydrogen-bond donors (Lipinski definition) is 1. The molecule has 0 spiro atoms. The number of aliphatic hydroxyl groups excluding tert-OH is 1. The van der Waals surface area contributed by atoms with Gasteiger partial charge in [-0.15, -0.1) is 10.2 Å². The Morgan fingerprint density at radius 2 is 2.08 bits per heavy atom. The van der Waals surface area contributed by atoms with Crippen LogP contribution < -0.4 is 0 Å². The van der Waals surface area contributed by atoms with Gasteiger partial charge in [-0.25, -0.2) is 4.98 Å². The molecule has 0 bridgehead atoms. The number of hydrogen-bond acceptors (Lipinski definition) is 5. The molecule has 0 aliphatic carbocycles. The summed E-state index contributed by atoms with van der Waals surface area (Å²) in [7, 11) is 0. The lowest BCUT2D eigenvalue weighted by Gasteiger charge is -2.07. The van der Waals surface area contributed by atoms with Crippen LogP contribution in [-0.2, 0) is 12.3 Å². The molecule has 4 rings (SSSR count). The molecular weight excluding hydrogens is 346 g/mol. The van der Waals surface area contributed by atoms with Crippen LogP contribution in [-0.4, -0.2) is 35.9 Å². The monoisotopic (exact) mass is 359 g/mol. The highest BCUT2D eigenvalue weighted by molar-refractivity contribution is 7.98. The zero-order valence-electron chi connectivity index (χ0n) is 12.6. The standard InChI is InChI=1S/C16H14ClN5OS/c17-11-4-5-12-13(9-11)21(7-8-23)15(18-12)10-24-16-20-19-14-3-1-2-6-22(14)16/h1-6,9,23H,7-8,10H2. The number of aliphatic hydroxyl groups is 1. The van der Waals surface area contributed by atoms with E-state index >= 15 is 0 Å². The number of aromatic nitrogens is 5. The molecule has 6 nitrogen and oxygen atoms in total. The van der Waals surface area contributed by atoms with Crippen LogP contribution in [0.4, 0.5) is 0 Å².